The SMILES string of the molecule is O=C(/C=C/c1ccc(F)cc1)C1CNCC2C(=O)OC(c3ccccc3)(c3ccccc3)N12. The highest BCUT2D eigenvalue weighted by molar-refractivity contribution is 5.99. The van der Waals surface area contributed by atoms with Gasteiger partial charge in [-0.25, -0.2) is 9.29 Å². The number of hydrogen-bond acceptors (Lipinski definition) is 5. The van der Waals surface area contributed by atoms with E-state index in [1.165, 1.54) is 18.2 Å². The molecule has 0 saturated carbocycles. The Morgan fingerprint density at radius 2 is 1.55 bits per heavy atom. The van der Waals surface area contributed by atoms with Gasteiger partial charge < -0.3 is 10.1 Å². The van der Waals surface area contributed by atoms with Crippen molar-refractivity contribution in [2.24, 2.45) is 0 Å². The highest BCUT2D eigenvalue weighted by atomic mass is 19.1. The third-order valence-electron chi connectivity index (χ3n) is 6.20. The minimum Gasteiger partial charge on any atom is -0.434 e. The molecule has 5 rings (SSSR count). The topological polar surface area (TPSA) is 58.6 Å². The molecule has 5 nitrogen and oxygen atoms in total. The van der Waals surface area contributed by atoms with Crippen LogP contribution in [0.4, 0.5) is 4.39 Å². The van der Waals surface area contributed by atoms with Gasteiger partial charge in [0.1, 0.15) is 11.9 Å². The number of benzene rings is 3. The summed E-state index contributed by atoms with van der Waals surface area (Å²) in [4.78, 5) is 28.4. The van der Waals surface area contributed by atoms with Crippen molar-refractivity contribution in [3.05, 3.63) is 114 Å². The summed E-state index contributed by atoms with van der Waals surface area (Å²) in [5.74, 6) is -0.859. The largest absolute Gasteiger partial charge is 0.434 e. The van der Waals surface area contributed by atoms with Crippen molar-refractivity contribution >= 4 is 17.8 Å². The third-order valence-corrected chi connectivity index (χ3v) is 6.20. The summed E-state index contributed by atoms with van der Waals surface area (Å²) in [5, 5.41) is 3.22. The summed E-state index contributed by atoms with van der Waals surface area (Å²) in [6.07, 6.45) is 3.16. The summed E-state index contributed by atoms with van der Waals surface area (Å²) in [6, 6.07) is 23.8. The molecule has 2 aliphatic rings. The van der Waals surface area contributed by atoms with Gasteiger partial charge >= 0.3 is 5.97 Å². The maximum Gasteiger partial charge on any atom is 0.327 e. The van der Waals surface area contributed by atoms with Gasteiger partial charge in [-0.15, -0.1) is 0 Å². The normalized spacial score (nSPS) is 22.2. The maximum absolute atomic E-state index is 13.4. The van der Waals surface area contributed by atoms with E-state index in [4.69, 9.17) is 4.74 Å². The molecule has 2 saturated heterocycles. The maximum atomic E-state index is 13.4. The van der Waals surface area contributed by atoms with E-state index in [9.17, 15) is 14.0 Å². The summed E-state index contributed by atoms with van der Waals surface area (Å²) in [7, 11) is 0. The fraction of sp³-hybridized carbons (Fsp3) is 0.185. The number of nitrogens with one attached hydrogen (secondary N) is 1. The van der Waals surface area contributed by atoms with Crippen molar-refractivity contribution in [3.8, 4) is 0 Å². The molecule has 2 fully saturated rings. The number of rotatable bonds is 5. The Morgan fingerprint density at radius 1 is 0.939 bits per heavy atom. The molecule has 2 heterocycles. The first-order valence-electron chi connectivity index (χ1n) is 10.9. The standard InChI is InChI=1S/C27H23FN2O3/c28-22-14-11-19(12-15-22)13-16-25(31)23-17-29-18-24-26(32)33-27(30(23)24,20-7-3-1-4-8-20)21-9-5-2-6-10-21/h1-16,23-24,29H,17-18H2/b16-13+. The molecule has 1 N–H and O–H groups in total. The number of halogens is 1. The number of ketones is 1. The molecule has 0 spiro atoms. The minimum atomic E-state index is -1.21. The number of hydrogen-bond donors (Lipinski definition) is 1. The van der Waals surface area contributed by atoms with Crippen LogP contribution < -0.4 is 5.32 Å². The first-order valence-corrected chi connectivity index (χ1v) is 10.9. The molecule has 3 aromatic carbocycles. The second-order valence-electron chi connectivity index (χ2n) is 8.18. The zero-order valence-corrected chi connectivity index (χ0v) is 17.9. The van der Waals surface area contributed by atoms with E-state index in [1.54, 1.807) is 18.2 Å². The van der Waals surface area contributed by atoms with E-state index >= 15 is 0 Å². The molecule has 166 valence electrons. The number of piperazine rings is 1. The van der Waals surface area contributed by atoms with Crippen LogP contribution in [0.3, 0.4) is 0 Å². The average molecular weight is 442 g/mol. The first-order chi connectivity index (χ1) is 16.1. The lowest BCUT2D eigenvalue weighted by molar-refractivity contribution is -0.152. The second kappa shape index (κ2) is 8.73. The van der Waals surface area contributed by atoms with Crippen LogP contribution in [0, 0.1) is 5.82 Å². The lowest BCUT2D eigenvalue weighted by Crippen LogP contribution is -2.63. The van der Waals surface area contributed by atoms with E-state index in [0.29, 0.717) is 13.1 Å². The van der Waals surface area contributed by atoms with Crippen LogP contribution in [-0.2, 0) is 20.1 Å². The Labute approximate surface area is 191 Å². The van der Waals surface area contributed by atoms with Gasteiger partial charge in [0.05, 0.1) is 6.04 Å². The van der Waals surface area contributed by atoms with Crippen molar-refractivity contribution in [1.82, 2.24) is 10.2 Å². The zero-order chi connectivity index (χ0) is 22.8. The van der Waals surface area contributed by atoms with Crippen LogP contribution in [0.1, 0.15) is 16.7 Å². The smallest absolute Gasteiger partial charge is 0.327 e. The fourth-order valence-corrected chi connectivity index (χ4v) is 4.68. The molecule has 0 aliphatic carbocycles. The van der Waals surface area contributed by atoms with E-state index < -0.39 is 17.8 Å². The number of cyclic esters (lactones) is 1. The number of esters is 1. The van der Waals surface area contributed by atoms with Crippen molar-refractivity contribution in [3.63, 3.8) is 0 Å². The van der Waals surface area contributed by atoms with Crippen LogP contribution in [0.2, 0.25) is 0 Å². The predicted molar refractivity (Wildman–Crippen MR) is 122 cm³/mol. The van der Waals surface area contributed by atoms with Crippen LogP contribution in [0.25, 0.3) is 6.08 Å². The summed E-state index contributed by atoms with van der Waals surface area (Å²) in [6.45, 7) is 0.771. The molecule has 0 aromatic heterocycles. The minimum absolute atomic E-state index is 0.161. The zero-order valence-electron chi connectivity index (χ0n) is 17.9. The van der Waals surface area contributed by atoms with Gasteiger partial charge in [-0.1, -0.05) is 78.9 Å². The van der Waals surface area contributed by atoms with Crippen molar-refractivity contribution < 1.29 is 18.7 Å². The second-order valence-corrected chi connectivity index (χ2v) is 8.18. The van der Waals surface area contributed by atoms with Gasteiger partial charge in [0.25, 0.3) is 0 Å². The molecule has 0 amide bonds. The van der Waals surface area contributed by atoms with E-state index in [1.807, 2.05) is 65.6 Å². The van der Waals surface area contributed by atoms with Crippen LogP contribution in [-0.4, -0.2) is 41.8 Å². The molecule has 3 aromatic rings. The number of carbonyl (C=O) groups is 2. The van der Waals surface area contributed by atoms with Crippen LogP contribution >= 0.6 is 0 Å². The fourth-order valence-electron chi connectivity index (χ4n) is 4.68. The van der Waals surface area contributed by atoms with Crippen LogP contribution in [0.15, 0.2) is 91.0 Å². The molecule has 0 radical (unpaired) electrons. The third kappa shape index (κ3) is 3.77. The number of fused-ring (bicyclic) bond motifs is 1. The van der Waals surface area contributed by atoms with E-state index in [-0.39, 0.29) is 17.6 Å². The van der Waals surface area contributed by atoms with Crippen molar-refractivity contribution in [1.29, 1.82) is 0 Å². The average Bonchev–Trinajstić information content (AvgIpc) is 3.18. The quantitative estimate of drug-likeness (QED) is 0.484. The predicted octanol–water partition coefficient (Wildman–Crippen LogP) is 3.51. The molecule has 2 unspecified atom stereocenters. The van der Waals surface area contributed by atoms with Gasteiger partial charge in [0.15, 0.2) is 5.78 Å². The molecular weight excluding hydrogens is 419 g/mol. The Kier molecular flexibility index (Phi) is 5.62. The Balaban J connectivity index is 1.58. The highest BCUT2D eigenvalue weighted by Crippen LogP contribution is 2.45. The van der Waals surface area contributed by atoms with Crippen molar-refractivity contribution in [2.75, 3.05) is 13.1 Å². The van der Waals surface area contributed by atoms with Gasteiger partial charge in [-0.3, -0.25) is 9.59 Å². The molecule has 6 heteroatoms. The summed E-state index contributed by atoms with van der Waals surface area (Å²) < 4.78 is 19.4. The number of carbonyl (C=O) groups excluding carboxylic acids is 2. The van der Waals surface area contributed by atoms with Crippen LogP contribution in [0.5, 0.6) is 0 Å². The molecule has 2 aliphatic heterocycles. The Hall–Kier alpha value is -3.61. The molecule has 0 bridgehead atoms. The van der Waals surface area contributed by atoms with E-state index in [2.05, 4.69) is 5.32 Å². The molecule has 2 atom stereocenters. The highest BCUT2D eigenvalue weighted by Gasteiger charge is 2.60. The van der Waals surface area contributed by atoms with Gasteiger partial charge in [-0.05, 0) is 23.8 Å². The first kappa shape index (κ1) is 21.2. The lowest BCUT2D eigenvalue weighted by Gasteiger charge is -2.44. The Morgan fingerprint density at radius 3 is 2.15 bits per heavy atom. The van der Waals surface area contributed by atoms with Gasteiger partial charge in [0, 0.05) is 24.2 Å². The number of nitrogens with zero attached hydrogens (tertiary/aromatic N) is 1. The van der Waals surface area contributed by atoms with E-state index in [0.717, 1.165) is 16.7 Å². The Bertz CT molecular complexity index is 1140. The lowest BCUT2D eigenvalue weighted by atomic mass is 9.89. The van der Waals surface area contributed by atoms with Gasteiger partial charge in [0.2, 0.25) is 5.72 Å². The summed E-state index contributed by atoms with van der Waals surface area (Å²) >= 11 is 0. The van der Waals surface area contributed by atoms with Crippen molar-refractivity contribution in [2.45, 2.75) is 17.8 Å². The monoisotopic (exact) mass is 442 g/mol. The summed E-state index contributed by atoms with van der Waals surface area (Å²) in [5.41, 5.74) is 1.08. The molecule has 33 heavy (non-hydrogen) atoms. The molecular formula is C27H23FN2O3. The number of ether oxygens (including phenoxy) is 1. The van der Waals surface area contributed by atoms with Gasteiger partial charge in [-0.2, -0.15) is 0 Å².